The van der Waals surface area contributed by atoms with Gasteiger partial charge in [-0.25, -0.2) is 23.8 Å². The molecule has 3 aromatic heterocycles. The van der Waals surface area contributed by atoms with Crippen LogP contribution in [0.1, 0.15) is 48.8 Å². The zero-order valence-corrected chi connectivity index (χ0v) is 28.3. The van der Waals surface area contributed by atoms with E-state index in [9.17, 15) is 39.0 Å². The van der Waals surface area contributed by atoms with Crippen molar-refractivity contribution in [3.63, 3.8) is 0 Å². The molecule has 0 aromatic carbocycles. The molecular weight excluding hydrogens is 675 g/mol. The van der Waals surface area contributed by atoms with Crippen molar-refractivity contribution in [2.45, 2.75) is 57.7 Å². The molecule has 6 heterocycles. The van der Waals surface area contributed by atoms with Crippen LogP contribution in [0.5, 0.6) is 0 Å². The number of carboxylic acid groups (broad SMARTS) is 2. The Morgan fingerprint density at radius 1 is 1.10 bits per heavy atom. The van der Waals surface area contributed by atoms with Crippen molar-refractivity contribution in [3.05, 3.63) is 67.5 Å². The molecule has 0 spiro atoms. The first-order chi connectivity index (χ1) is 23.6. The van der Waals surface area contributed by atoms with Crippen LogP contribution in [0.15, 0.2) is 45.8 Å². The minimum absolute atomic E-state index is 0.0563. The SMILES string of the molecule is CC(C)(C)n1cc(C(=O)O)c(=O)c2cc(F)c(N3CCN(C(=O)OCC4=C(C(=O)O)N5C(=O)C(NC(=O)Cc6cccs6)C5CC4)CC3)nc21. The van der Waals surface area contributed by atoms with E-state index >= 15 is 4.39 Å². The third-order valence-corrected chi connectivity index (χ3v) is 9.92. The van der Waals surface area contributed by atoms with E-state index in [1.165, 1.54) is 27.0 Å². The molecule has 0 bridgehead atoms. The van der Waals surface area contributed by atoms with Crippen molar-refractivity contribution in [2.75, 3.05) is 37.7 Å². The number of nitrogens with one attached hydrogen (secondary N) is 1. The van der Waals surface area contributed by atoms with E-state index in [4.69, 9.17) is 4.74 Å². The van der Waals surface area contributed by atoms with Crippen LogP contribution in [-0.2, 0) is 31.1 Å². The van der Waals surface area contributed by atoms with Crippen LogP contribution in [0.2, 0.25) is 0 Å². The highest BCUT2D eigenvalue weighted by molar-refractivity contribution is 7.10. The monoisotopic (exact) mass is 710 g/mol. The van der Waals surface area contributed by atoms with Crippen LogP contribution in [0, 0.1) is 5.82 Å². The van der Waals surface area contributed by atoms with Crippen molar-refractivity contribution in [1.82, 2.24) is 24.7 Å². The first-order valence-electron chi connectivity index (χ1n) is 15.9. The summed E-state index contributed by atoms with van der Waals surface area (Å²) in [6.07, 6.45) is 1.23. The number of aliphatic carboxylic acids is 1. The molecule has 2 unspecified atom stereocenters. The van der Waals surface area contributed by atoms with Gasteiger partial charge in [0.2, 0.25) is 11.3 Å². The number of carbonyl (C=O) groups is 5. The van der Waals surface area contributed by atoms with E-state index in [2.05, 4.69) is 10.3 Å². The highest BCUT2D eigenvalue weighted by Crippen LogP contribution is 2.37. The molecule has 3 amide bonds. The normalized spacial score (nSPS) is 19.3. The first kappa shape index (κ1) is 34.5. The van der Waals surface area contributed by atoms with Gasteiger partial charge in [0.15, 0.2) is 11.6 Å². The number of nitrogens with zero attached hydrogens (tertiary/aromatic N) is 5. The number of aromatic carboxylic acids is 1. The minimum Gasteiger partial charge on any atom is -0.477 e. The summed E-state index contributed by atoms with van der Waals surface area (Å²) in [6, 6.07) is 3.27. The minimum atomic E-state index is -1.43. The highest BCUT2D eigenvalue weighted by Gasteiger charge is 2.53. The summed E-state index contributed by atoms with van der Waals surface area (Å²) in [5, 5.41) is 23.9. The molecule has 3 aliphatic rings. The Morgan fingerprint density at radius 3 is 2.44 bits per heavy atom. The lowest BCUT2D eigenvalue weighted by molar-refractivity contribution is -0.156. The number of pyridine rings is 2. The standard InChI is InChI=1S/C33H35FN6O9S/c1-33(2,3)39-15-20(30(44)45)26(42)19-14-21(34)28(36-27(19)39)37-8-10-38(11-9-37)32(48)49-16-17-6-7-22-24(29(43)40(22)25(17)31(46)47)35-23(41)13-18-5-4-12-50-18/h4-5,12,14-15,22,24H,6-11,13,16H2,1-3H3,(H,35,41)(H,44,45)(H,46,47). The first-order valence-corrected chi connectivity index (χ1v) is 16.8. The summed E-state index contributed by atoms with van der Waals surface area (Å²) in [5.41, 5.74) is -1.90. The highest BCUT2D eigenvalue weighted by atomic mass is 32.1. The van der Waals surface area contributed by atoms with Crippen LogP contribution >= 0.6 is 11.3 Å². The van der Waals surface area contributed by atoms with Crippen LogP contribution in [0.25, 0.3) is 11.0 Å². The zero-order valence-electron chi connectivity index (χ0n) is 27.5. The Bertz CT molecular complexity index is 2000. The number of ether oxygens (including phenoxy) is 1. The molecule has 2 saturated heterocycles. The smallest absolute Gasteiger partial charge is 0.410 e. The van der Waals surface area contributed by atoms with Gasteiger partial charge in [0.25, 0.3) is 5.91 Å². The number of amides is 3. The summed E-state index contributed by atoms with van der Waals surface area (Å²) in [5.74, 6) is -4.51. The fourth-order valence-electron chi connectivity index (χ4n) is 6.52. The van der Waals surface area contributed by atoms with E-state index in [0.29, 0.717) is 6.42 Å². The van der Waals surface area contributed by atoms with Gasteiger partial charge >= 0.3 is 18.0 Å². The maximum absolute atomic E-state index is 15.4. The summed E-state index contributed by atoms with van der Waals surface area (Å²) in [7, 11) is 0. The number of β-lactam (4-membered cyclic amide) rings is 1. The van der Waals surface area contributed by atoms with Crippen LogP contribution < -0.4 is 15.6 Å². The molecule has 2 atom stereocenters. The Labute approximate surface area is 288 Å². The molecule has 3 aliphatic heterocycles. The van der Waals surface area contributed by atoms with Crippen molar-refractivity contribution >= 4 is 58.0 Å². The third-order valence-electron chi connectivity index (χ3n) is 9.04. The van der Waals surface area contributed by atoms with Gasteiger partial charge in [-0.3, -0.25) is 19.3 Å². The summed E-state index contributed by atoms with van der Waals surface area (Å²) in [4.78, 5) is 84.7. The predicted molar refractivity (Wildman–Crippen MR) is 178 cm³/mol. The van der Waals surface area contributed by atoms with E-state index in [-0.39, 0.29) is 79.7 Å². The number of carbonyl (C=O) groups excluding carboxylic acids is 3. The van der Waals surface area contributed by atoms with Gasteiger partial charge in [-0.05, 0) is 56.7 Å². The maximum atomic E-state index is 15.4. The lowest BCUT2D eigenvalue weighted by atomic mass is 9.83. The molecule has 50 heavy (non-hydrogen) atoms. The van der Waals surface area contributed by atoms with E-state index in [1.807, 2.05) is 17.5 Å². The van der Waals surface area contributed by atoms with Crippen molar-refractivity contribution < 1.29 is 43.3 Å². The van der Waals surface area contributed by atoms with Crippen LogP contribution in [0.3, 0.4) is 0 Å². The van der Waals surface area contributed by atoms with Crippen molar-refractivity contribution in [1.29, 1.82) is 0 Å². The van der Waals surface area contributed by atoms with Gasteiger partial charge in [-0.2, -0.15) is 0 Å². The molecule has 17 heteroatoms. The van der Waals surface area contributed by atoms with E-state index in [1.54, 1.807) is 25.7 Å². The Kier molecular flexibility index (Phi) is 9.11. The number of piperazine rings is 1. The Morgan fingerprint density at radius 2 is 1.82 bits per heavy atom. The lowest BCUT2D eigenvalue weighted by Gasteiger charge is -2.50. The number of anilines is 1. The molecule has 6 rings (SSSR count). The van der Waals surface area contributed by atoms with Gasteiger partial charge in [-0.1, -0.05) is 6.07 Å². The number of carboxylic acids is 2. The van der Waals surface area contributed by atoms with Gasteiger partial charge in [0, 0.05) is 42.8 Å². The van der Waals surface area contributed by atoms with E-state index < -0.39 is 58.4 Å². The predicted octanol–water partition coefficient (Wildman–Crippen LogP) is 2.38. The molecule has 264 valence electrons. The van der Waals surface area contributed by atoms with Gasteiger partial charge in [-0.15, -0.1) is 11.3 Å². The van der Waals surface area contributed by atoms with Gasteiger partial charge < -0.3 is 34.6 Å². The maximum Gasteiger partial charge on any atom is 0.410 e. The quantitative estimate of drug-likeness (QED) is 0.291. The second-order valence-electron chi connectivity index (χ2n) is 13.3. The topological polar surface area (TPSA) is 192 Å². The molecule has 15 nitrogen and oxygen atoms in total. The molecule has 2 fully saturated rings. The second kappa shape index (κ2) is 13.2. The summed E-state index contributed by atoms with van der Waals surface area (Å²) in [6.45, 7) is 5.59. The summed E-state index contributed by atoms with van der Waals surface area (Å²) < 4.78 is 22.4. The number of fused-ring (bicyclic) bond motifs is 2. The number of hydrogen-bond donors (Lipinski definition) is 3. The molecular formula is C33H35FN6O9S. The number of rotatable bonds is 8. The lowest BCUT2D eigenvalue weighted by Crippen LogP contribution is -2.71. The molecule has 0 aliphatic carbocycles. The van der Waals surface area contributed by atoms with Crippen LogP contribution in [0.4, 0.5) is 15.0 Å². The number of halogens is 1. The molecule has 0 radical (unpaired) electrons. The number of hydrogen-bond acceptors (Lipinski definition) is 10. The molecule has 3 aromatic rings. The van der Waals surface area contributed by atoms with Crippen molar-refractivity contribution in [3.8, 4) is 0 Å². The number of aromatic nitrogens is 2. The Balaban J connectivity index is 1.10. The van der Waals surface area contributed by atoms with Crippen LogP contribution in [-0.4, -0.2) is 104 Å². The fourth-order valence-corrected chi connectivity index (χ4v) is 7.22. The fraction of sp³-hybridized carbons (Fsp3) is 0.424. The molecule has 0 saturated carbocycles. The largest absolute Gasteiger partial charge is 0.477 e. The Hall–Kier alpha value is -5.32. The van der Waals surface area contributed by atoms with Crippen molar-refractivity contribution in [2.24, 2.45) is 0 Å². The van der Waals surface area contributed by atoms with Gasteiger partial charge in [0.05, 0.1) is 17.8 Å². The number of thiophene rings is 1. The average molecular weight is 711 g/mol. The molecule has 3 N–H and O–H groups in total. The third kappa shape index (κ3) is 6.39. The van der Waals surface area contributed by atoms with E-state index in [0.717, 1.165) is 15.8 Å². The second-order valence-corrected chi connectivity index (χ2v) is 14.3. The summed E-state index contributed by atoms with van der Waals surface area (Å²) >= 11 is 1.42. The van der Waals surface area contributed by atoms with Gasteiger partial charge in [0.1, 0.15) is 29.6 Å². The zero-order chi connectivity index (χ0) is 36.1. The average Bonchev–Trinajstić information content (AvgIpc) is 3.58.